The van der Waals surface area contributed by atoms with Crippen LogP contribution in [0.5, 0.6) is 0 Å². The van der Waals surface area contributed by atoms with Gasteiger partial charge >= 0.3 is 0 Å². The van der Waals surface area contributed by atoms with Crippen molar-refractivity contribution in [3.05, 3.63) is 99.6 Å². The number of hydrogen-bond donors (Lipinski definition) is 0. The second-order valence-electron chi connectivity index (χ2n) is 7.50. The molecule has 9 heteroatoms. The Bertz CT molecular complexity index is 1240. The summed E-state index contributed by atoms with van der Waals surface area (Å²) in [6.45, 7) is 0. The van der Waals surface area contributed by atoms with Crippen molar-refractivity contribution in [1.29, 1.82) is 0 Å². The Morgan fingerprint density at radius 1 is 0.875 bits per heavy atom. The van der Waals surface area contributed by atoms with Crippen molar-refractivity contribution in [2.24, 2.45) is 5.92 Å². The van der Waals surface area contributed by atoms with Crippen LogP contribution in [0.15, 0.2) is 78.9 Å². The predicted molar refractivity (Wildman–Crippen MR) is 117 cm³/mol. The first-order valence-electron chi connectivity index (χ1n) is 9.84. The monoisotopic (exact) mass is 449 g/mol. The second kappa shape index (κ2) is 7.74. The van der Waals surface area contributed by atoms with E-state index in [0.717, 1.165) is 4.90 Å². The number of hydrogen-bond acceptors (Lipinski definition) is 6. The van der Waals surface area contributed by atoms with Gasteiger partial charge in [-0.3, -0.25) is 24.5 Å². The Kier molecular flexibility index (Phi) is 4.88. The average molecular weight is 450 g/mol. The highest BCUT2D eigenvalue weighted by molar-refractivity contribution is 6.31. The van der Waals surface area contributed by atoms with E-state index in [1.54, 1.807) is 54.6 Å². The molecule has 3 atom stereocenters. The van der Waals surface area contributed by atoms with Crippen LogP contribution < -0.4 is 9.96 Å². The summed E-state index contributed by atoms with van der Waals surface area (Å²) < 4.78 is 0. The molecule has 0 radical (unpaired) electrons. The van der Waals surface area contributed by atoms with E-state index in [0.29, 0.717) is 22.0 Å². The molecule has 2 heterocycles. The molecule has 3 aromatic carbocycles. The van der Waals surface area contributed by atoms with E-state index >= 15 is 0 Å². The SMILES string of the molecule is O=C1[C@@H]2[C@H](ON(c3ccccc3)[C@@H]2c2cccc([N+](=O)[O-])c2)C(=O)N1c1cccc(Cl)c1. The first kappa shape index (κ1) is 20.2. The molecule has 8 nitrogen and oxygen atoms in total. The number of benzene rings is 3. The molecule has 2 fully saturated rings. The minimum atomic E-state index is -1.06. The highest BCUT2D eigenvalue weighted by Gasteiger charge is 2.60. The van der Waals surface area contributed by atoms with Crippen LogP contribution in [0, 0.1) is 16.0 Å². The van der Waals surface area contributed by atoms with Gasteiger partial charge in [0.1, 0.15) is 5.92 Å². The molecule has 160 valence electrons. The number of para-hydroxylation sites is 1. The van der Waals surface area contributed by atoms with Gasteiger partial charge < -0.3 is 0 Å². The molecule has 0 aliphatic carbocycles. The quantitative estimate of drug-likeness (QED) is 0.335. The molecule has 0 spiro atoms. The Morgan fingerprint density at radius 2 is 1.59 bits per heavy atom. The maximum atomic E-state index is 13.5. The number of nitrogens with zero attached hydrogens (tertiary/aromatic N) is 3. The first-order valence-corrected chi connectivity index (χ1v) is 10.2. The lowest BCUT2D eigenvalue weighted by molar-refractivity contribution is -0.384. The molecule has 3 aromatic rings. The third kappa shape index (κ3) is 3.21. The first-order chi connectivity index (χ1) is 15.5. The van der Waals surface area contributed by atoms with Gasteiger partial charge in [-0.25, -0.2) is 9.96 Å². The predicted octanol–water partition coefficient (Wildman–Crippen LogP) is 4.30. The summed E-state index contributed by atoms with van der Waals surface area (Å²) in [7, 11) is 0. The third-order valence-corrected chi connectivity index (χ3v) is 5.85. The maximum Gasteiger partial charge on any atom is 0.269 e. The molecule has 2 amide bonds. The van der Waals surface area contributed by atoms with Crippen LogP contribution in [-0.2, 0) is 14.4 Å². The number of fused-ring (bicyclic) bond motifs is 1. The zero-order valence-electron chi connectivity index (χ0n) is 16.5. The second-order valence-corrected chi connectivity index (χ2v) is 7.94. The summed E-state index contributed by atoms with van der Waals surface area (Å²) in [6.07, 6.45) is -1.06. The zero-order valence-corrected chi connectivity index (χ0v) is 17.3. The standard InChI is InChI=1S/C23H16ClN3O5/c24-15-7-5-10-17(13-15)25-22(28)19-20(14-6-4-11-18(12-14)27(30)31)26(32-21(19)23(25)29)16-8-2-1-3-9-16/h1-13,19-21H/t19-,20+,21-/m0/s1. The van der Waals surface area contributed by atoms with Crippen molar-refractivity contribution in [1.82, 2.24) is 0 Å². The van der Waals surface area contributed by atoms with E-state index in [-0.39, 0.29) is 5.69 Å². The molecule has 32 heavy (non-hydrogen) atoms. The molecular formula is C23H16ClN3O5. The van der Waals surface area contributed by atoms with Gasteiger partial charge in [0.15, 0.2) is 6.10 Å². The molecule has 2 saturated heterocycles. The van der Waals surface area contributed by atoms with Crippen LogP contribution in [0.25, 0.3) is 0 Å². The molecule has 0 N–H and O–H groups in total. The fourth-order valence-corrected chi connectivity index (χ4v) is 4.43. The number of nitro groups is 1. The van der Waals surface area contributed by atoms with E-state index < -0.39 is 34.8 Å². The average Bonchev–Trinajstić information content (AvgIpc) is 3.30. The van der Waals surface area contributed by atoms with Crippen molar-refractivity contribution in [3.63, 3.8) is 0 Å². The summed E-state index contributed by atoms with van der Waals surface area (Å²) >= 11 is 6.06. The molecule has 2 aliphatic rings. The fraction of sp³-hybridized carbons (Fsp3) is 0.130. The summed E-state index contributed by atoms with van der Waals surface area (Å²) in [6, 6.07) is 20.8. The van der Waals surface area contributed by atoms with Gasteiger partial charge in [0.05, 0.1) is 22.3 Å². The number of halogens is 1. The van der Waals surface area contributed by atoms with Gasteiger partial charge in [-0.05, 0) is 35.9 Å². The Hall–Kier alpha value is -3.75. The zero-order chi connectivity index (χ0) is 22.4. The number of non-ortho nitro benzene ring substituents is 1. The number of imide groups is 1. The van der Waals surface area contributed by atoms with Gasteiger partial charge in [0.25, 0.3) is 11.6 Å². The lowest BCUT2D eigenvalue weighted by atomic mass is 9.90. The van der Waals surface area contributed by atoms with Crippen LogP contribution in [0.3, 0.4) is 0 Å². The smallest absolute Gasteiger partial charge is 0.269 e. The lowest BCUT2D eigenvalue weighted by Crippen LogP contribution is -2.37. The molecule has 5 rings (SSSR count). The van der Waals surface area contributed by atoms with Crippen molar-refractivity contribution < 1.29 is 19.3 Å². The molecule has 0 unspecified atom stereocenters. The number of nitro benzene ring substituents is 1. The highest BCUT2D eigenvalue weighted by atomic mass is 35.5. The van der Waals surface area contributed by atoms with Crippen LogP contribution in [-0.4, -0.2) is 22.8 Å². The van der Waals surface area contributed by atoms with Gasteiger partial charge in [-0.1, -0.05) is 48.0 Å². The lowest BCUT2D eigenvalue weighted by Gasteiger charge is -2.28. The summed E-state index contributed by atoms with van der Waals surface area (Å²) in [5.41, 5.74) is 1.38. The molecule has 0 aromatic heterocycles. The molecule has 2 aliphatic heterocycles. The van der Waals surface area contributed by atoms with E-state index in [1.807, 2.05) is 6.07 Å². The number of carbonyl (C=O) groups excluding carboxylic acids is 2. The van der Waals surface area contributed by atoms with Crippen LogP contribution >= 0.6 is 11.6 Å². The summed E-state index contributed by atoms with van der Waals surface area (Å²) in [5.74, 6) is -1.84. The van der Waals surface area contributed by atoms with E-state index in [1.165, 1.54) is 23.3 Å². The topological polar surface area (TPSA) is 93.0 Å². The minimum Gasteiger partial charge on any atom is -0.273 e. The number of rotatable bonds is 4. The Balaban J connectivity index is 1.61. The number of anilines is 2. The van der Waals surface area contributed by atoms with E-state index in [4.69, 9.17) is 16.4 Å². The molecule has 0 saturated carbocycles. The molecule has 0 bridgehead atoms. The number of hydroxylamine groups is 1. The fourth-order valence-electron chi connectivity index (χ4n) is 4.24. The maximum absolute atomic E-state index is 13.5. The largest absolute Gasteiger partial charge is 0.273 e. The van der Waals surface area contributed by atoms with Crippen LogP contribution in [0.1, 0.15) is 11.6 Å². The summed E-state index contributed by atoms with van der Waals surface area (Å²) in [5, 5.41) is 13.2. The van der Waals surface area contributed by atoms with Gasteiger partial charge in [0.2, 0.25) is 5.91 Å². The van der Waals surface area contributed by atoms with Crippen LogP contribution in [0.2, 0.25) is 5.02 Å². The van der Waals surface area contributed by atoms with E-state index in [9.17, 15) is 19.7 Å². The van der Waals surface area contributed by atoms with Gasteiger partial charge in [0, 0.05) is 17.2 Å². The number of carbonyl (C=O) groups is 2. The van der Waals surface area contributed by atoms with Crippen LogP contribution in [0.4, 0.5) is 17.1 Å². The van der Waals surface area contributed by atoms with Gasteiger partial charge in [-0.15, -0.1) is 0 Å². The normalized spacial score (nSPS) is 22.3. The van der Waals surface area contributed by atoms with Crippen molar-refractivity contribution in [2.75, 3.05) is 9.96 Å². The van der Waals surface area contributed by atoms with Crippen molar-refractivity contribution in [2.45, 2.75) is 12.1 Å². The van der Waals surface area contributed by atoms with E-state index in [2.05, 4.69) is 0 Å². The highest BCUT2D eigenvalue weighted by Crippen LogP contribution is 2.48. The Morgan fingerprint density at radius 3 is 2.31 bits per heavy atom. The third-order valence-electron chi connectivity index (χ3n) is 5.62. The Labute approximate surface area is 187 Å². The number of amides is 2. The van der Waals surface area contributed by atoms with Gasteiger partial charge in [-0.2, -0.15) is 0 Å². The summed E-state index contributed by atoms with van der Waals surface area (Å²) in [4.78, 5) is 44.7. The van der Waals surface area contributed by atoms with Crippen molar-refractivity contribution in [3.8, 4) is 0 Å². The molecular weight excluding hydrogens is 434 g/mol. The minimum absolute atomic E-state index is 0.109. The van der Waals surface area contributed by atoms with Crippen molar-refractivity contribution >= 4 is 40.5 Å².